The zero-order chi connectivity index (χ0) is 11.2. The van der Waals surface area contributed by atoms with Crippen LogP contribution in [0.1, 0.15) is 12.8 Å². The second-order valence-electron chi connectivity index (χ2n) is 4.43. The van der Waals surface area contributed by atoms with Crippen molar-refractivity contribution in [3.05, 3.63) is 24.3 Å². The quantitative estimate of drug-likeness (QED) is 0.803. The summed E-state index contributed by atoms with van der Waals surface area (Å²) < 4.78 is 0. The van der Waals surface area contributed by atoms with Crippen LogP contribution in [0, 0.1) is 0 Å². The lowest BCUT2D eigenvalue weighted by Gasteiger charge is -2.30. The SMILES string of the molecule is NC1(C(=O)N2CCSc3ccccc32)CC1. The molecule has 4 heteroatoms. The average molecular weight is 234 g/mol. The number of carbonyl (C=O) groups excluding carboxylic acids is 1. The van der Waals surface area contributed by atoms with Crippen molar-refractivity contribution in [2.75, 3.05) is 17.2 Å². The lowest BCUT2D eigenvalue weighted by atomic mass is 10.2. The van der Waals surface area contributed by atoms with E-state index < -0.39 is 5.54 Å². The number of benzene rings is 1. The third-order valence-corrected chi connectivity index (χ3v) is 4.23. The smallest absolute Gasteiger partial charge is 0.247 e. The van der Waals surface area contributed by atoms with Crippen LogP contribution in [-0.4, -0.2) is 23.7 Å². The van der Waals surface area contributed by atoms with Gasteiger partial charge in [0.15, 0.2) is 0 Å². The predicted octanol–water partition coefficient (Wildman–Crippen LogP) is 1.62. The van der Waals surface area contributed by atoms with E-state index in [9.17, 15) is 4.79 Å². The summed E-state index contributed by atoms with van der Waals surface area (Å²) in [5.74, 6) is 1.05. The molecule has 0 atom stereocenters. The molecule has 3 nitrogen and oxygen atoms in total. The van der Waals surface area contributed by atoms with Gasteiger partial charge in [0, 0.05) is 17.2 Å². The minimum absolute atomic E-state index is 0.0975. The van der Waals surface area contributed by atoms with E-state index >= 15 is 0 Å². The number of rotatable bonds is 1. The maximum absolute atomic E-state index is 12.2. The first-order valence-corrected chi connectivity index (χ1v) is 6.52. The average Bonchev–Trinajstić information content (AvgIpc) is 3.07. The molecule has 0 aromatic heterocycles. The molecule has 84 valence electrons. The molecule has 1 aromatic carbocycles. The number of amides is 1. The van der Waals surface area contributed by atoms with Gasteiger partial charge in [-0.1, -0.05) is 12.1 Å². The number of carbonyl (C=O) groups is 1. The van der Waals surface area contributed by atoms with E-state index in [1.54, 1.807) is 11.8 Å². The molecule has 2 N–H and O–H groups in total. The van der Waals surface area contributed by atoms with Gasteiger partial charge in [-0.3, -0.25) is 4.79 Å². The summed E-state index contributed by atoms with van der Waals surface area (Å²) in [6.45, 7) is 0.777. The van der Waals surface area contributed by atoms with Crippen molar-refractivity contribution in [3.63, 3.8) is 0 Å². The third-order valence-electron chi connectivity index (χ3n) is 3.19. The van der Waals surface area contributed by atoms with Crippen LogP contribution in [0.15, 0.2) is 29.2 Å². The van der Waals surface area contributed by atoms with Gasteiger partial charge in [0.2, 0.25) is 5.91 Å². The van der Waals surface area contributed by atoms with Crippen LogP contribution in [0.2, 0.25) is 0 Å². The zero-order valence-corrected chi connectivity index (χ0v) is 9.80. The van der Waals surface area contributed by atoms with E-state index in [0.29, 0.717) is 0 Å². The molecule has 0 spiro atoms. The largest absolute Gasteiger partial charge is 0.317 e. The molecule has 0 radical (unpaired) electrons. The Balaban J connectivity index is 1.95. The molecule has 0 saturated heterocycles. The first-order chi connectivity index (χ1) is 7.71. The molecule has 1 aromatic rings. The molecular formula is C12H14N2OS. The molecule has 2 aliphatic rings. The number of nitrogens with zero attached hydrogens (tertiary/aromatic N) is 1. The summed E-state index contributed by atoms with van der Waals surface area (Å²) in [4.78, 5) is 15.3. The fourth-order valence-electron chi connectivity index (χ4n) is 2.00. The van der Waals surface area contributed by atoms with Gasteiger partial charge in [0.1, 0.15) is 0 Å². The van der Waals surface area contributed by atoms with Crippen LogP contribution in [0.4, 0.5) is 5.69 Å². The van der Waals surface area contributed by atoms with Gasteiger partial charge < -0.3 is 10.6 Å². The topological polar surface area (TPSA) is 46.3 Å². The molecule has 1 fully saturated rings. The Bertz CT molecular complexity index is 442. The van der Waals surface area contributed by atoms with E-state index in [-0.39, 0.29) is 5.91 Å². The van der Waals surface area contributed by atoms with Crippen molar-refractivity contribution in [1.29, 1.82) is 0 Å². The summed E-state index contributed by atoms with van der Waals surface area (Å²) in [5.41, 5.74) is 6.45. The zero-order valence-electron chi connectivity index (χ0n) is 8.98. The second-order valence-corrected chi connectivity index (χ2v) is 5.57. The van der Waals surface area contributed by atoms with E-state index in [2.05, 4.69) is 6.07 Å². The Morgan fingerprint density at radius 3 is 2.88 bits per heavy atom. The van der Waals surface area contributed by atoms with Crippen molar-refractivity contribution in [2.24, 2.45) is 5.73 Å². The molecule has 3 rings (SSSR count). The summed E-state index contributed by atoms with van der Waals surface area (Å²) >= 11 is 1.81. The second kappa shape index (κ2) is 3.50. The molecule has 0 bridgehead atoms. The molecular weight excluding hydrogens is 220 g/mol. The number of para-hydroxylation sites is 1. The maximum Gasteiger partial charge on any atom is 0.247 e. The van der Waals surface area contributed by atoms with Gasteiger partial charge in [-0.25, -0.2) is 0 Å². The monoisotopic (exact) mass is 234 g/mol. The minimum atomic E-state index is -0.560. The van der Waals surface area contributed by atoms with Gasteiger partial charge in [-0.2, -0.15) is 0 Å². The van der Waals surface area contributed by atoms with Crippen LogP contribution < -0.4 is 10.6 Å². The third kappa shape index (κ3) is 1.53. The molecule has 0 unspecified atom stereocenters. The van der Waals surface area contributed by atoms with Crippen molar-refractivity contribution in [3.8, 4) is 0 Å². The summed E-state index contributed by atoms with van der Waals surface area (Å²) in [7, 11) is 0. The lowest BCUT2D eigenvalue weighted by molar-refractivity contribution is -0.120. The van der Waals surface area contributed by atoms with Crippen molar-refractivity contribution >= 4 is 23.4 Å². The molecule has 16 heavy (non-hydrogen) atoms. The minimum Gasteiger partial charge on any atom is -0.317 e. The van der Waals surface area contributed by atoms with E-state index in [4.69, 9.17) is 5.73 Å². The maximum atomic E-state index is 12.2. The molecule has 1 saturated carbocycles. The summed E-state index contributed by atoms with van der Waals surface area (Å²) in [6, 6.07) is 8.05. The molecule has 1 aliphatic heterocycles. The van der Waals surface area contributed by atoms with Crippen LogP contribution in [0.25, 0.3) is 0 Å². The van der Waals surface area contributed by atoms with Crippen molar-refractivity contribution < 1.29 is 4.79 Å². The highest BCUT2D eigenvalue weighted by molar-refractivity contribution is 7.99. The summed E-state index contributed by atoms with van der Waals surface area (Å²) in [5, 5.41) is 0. The van der Waals surface area contributed by atoms with E-state index in [1.807, 2.05) is 23.1 Å². The van der Waals surface area contributed by atoms with Crippen molar-refractivity contribution in [2.45, 2.75) is 23.3 Å². The van der Waals surface area contributed by atoms with Gasteiger partial charge in [-0.05, 0) is 25.0 Å². The first-order valence-electron chi connectivity index (χ1n) is 5.53. The molecule has 1 amide bonds. The summed E-state index contributed by atoms with van der Waals surface area (Å²) in [6.07, 6.45) is 1.66. The standard InChI is InChI=1S/C12H14N2OS/c13-12(5-6-12)11(15)14-7-8-16-10-4-2-1-3-9(10)14/h1-4H,5-8,13H2. The van der Waals surface area contributed by atoms with E-state index in [1.165, 1.54) is 4.90 Å². The Morgan fingerprint density at radius 2 is 2.12 bits per heavy atom. The molecule has 1 heterocycles. The lowest BCUT2D eigenvalue weighted by Crippen LogP contribution is -2.47. The van der Waals surface area contributed by atoms with Gasteiger partial charge in [0.25, 0.3) is 0 Å². The normalized spacial score (nSPS) is 21.4. The van der Waals surface area contributed by atoms with Crippen LogP contribution in [0.5, 0.6) is 0 Å². The van der Waals surface area contributed by atoms with Crippen LogP contribution in [-0.2, 0) is 4.79 Å². The Morgan fingerprint density at radius 1 is 1.38 bits per heavy atom. The number of fused-ring (bicyclic) bond motifs is 1. The highest BCUT2D eigenvalue weighted by Crippen LogP contribution is 2.40. The number of hydrogen-bond donors (Lipinski definition) is 1. The number of hydrogen-bond acceptors (Lipinski definition) is 3. The van der Waals surface area contributed by atoms with Gasteiger partial charge >= 0.3 is 0 Å². The number of nitrogens with two attached hydrogens (primary N) is 1. The molecule has 1 aliphatic carbocycles. The van der Waals surface area contributed by atoms with Crippen LogP contribution in [0.3, 0.4) is 0 Å². The van der Waals surface area contributed by atoms with Gasteiger partial charge in [-0.15, -0.1) is 11.8 Å². The van der Waals surface area contributed by atoms with Crippen molar-refractivity contribution in [1.82, 2.24) is 0 Å². The highest BCUT2D eigenvalue weighted by atomic mass is 32.2. The number of thioether (sulfide) groups is 1. The Hall–Kier alpha value is -1.00. The van der Waals surface area contributed by atoms with E-state index in [0.717, 1.165) is 30.8 Å². The Kier molecular flexibility index (Phi) is 2.23. The fraction of sp³-hybridized carbons (Fsp3) is 0.417. The van der Waals surface area contributed by atoms with Crippen LogP contribution >= 0.6 is 11.8 Å². The predicted molar refractivity (Wildman–Crippen MR) is 65.7 cm³/mol. The first kappa shape index (κ1) is 10.2. The highest BCUT2D eigenvalue weighted by Gasteiger charge is 2.48. The Labute approximate surface area is 99.0 Å². The number of anilines is 1. The fourth-order valence-corrected chi connectivity index (χ4v) is 2.99. The van der Waals surface area contributed by atoms with Gasteiger partial charge in [0.05, 0.1) is 11.2 Å².